The first-order chi connectivity index (χ1) is 9.63. The molecule has 0 radical (unpaired) electrons. The molecule has 2 aliphatic heterocycles. The first kappa shape index (κ1) is 12.9. The molecule has 1 saturated heterocycles. The molecule has 1 unspecified atom stereocenters. The average Bonchev–Trinajstić information content (AvgIpc) is 3.07. The van der Waals surface area contributed by atoms with Crippen LogP contribution in [0, 0.1) is 0 Å². The third kappa shape index (κ3) is 1.66. The summed E-state index contributed by atoms with van der Waals surface area (Å²) in [7, 11) is -2.74. The number of hydrogen-bond acceptors (Lipinski definition) is 2. The fourth-order valence-electron chi connectivity index (χ4n) is 2.99. The van der Waals surface area contributed by atoms with Gasteiger partial charge in [0.2, 0.25) is 0 Å². The van der Waals surface area contributed by atoms with Gasteiger partial charge in [-0.15, -0.1) is 0 Å². The predicted octanol–water partition coefficient (Wildman–Crippen LogP) is 4.51. The Labute approximate surface area is 126 Å². The second-order valence-corrected chi connectivity index (χ2v) is 15.2. The monoisotopic (exact) mass is 398 g/mol. The average molecular weight is 398 g/mol. The Hall–Kier alpha value is -0.800. The van der Waals surface area contributed by atoms with Crippen molar-refractivity contribution in [2.24, 2.45) is 0 Å². The molecule has 4 heteroatoms. The fraction of sp³-hybridized carbons (Fsp3) is 0.250. The molecule has 0 saturated carbocycles. The van der Waals surface area contributed by atoms with Gasteiger partial charge in [-0.3, -0.25) is 0 Å². The van der Waals surface area contributed by atoms with Crippen molar-refractivity contribution in [2.45, 2.75) is 14.5 Å². The molecule has 0 aliphatic carbocycles. The Kier molecular flexibility index (Phi) is 2.80. The molecule has 20 heavy (non-hydrogen) atoms. The molecule has 0 spiro atoms. The summed E-state index contributed by atoms with van der Waals surface area (Å²) in [5.74, 6) is 0.790. The van der Waals surface area contributed by atoms with E-state index in [0.29, 0.717) is 7.59 Å². The summed E-state index contributed by atoms with van der Waals surface area (Å²) in [6, 6.07) is 16.0. The van der Waals surface area contributed by atoms with Crippen molar-refractivity contribution in [2.75, 3.05) is 4.93 Å². The van der Waals surface area contributed by atoms with E-state index in [1.165, 1.54) is 0 Å². The summed E-state index contributed by atoms with van der Waals surface area (Å²) in [6.07, 6.45) is 0. The van der Waals surface area contributed by atoms with Gasteiger partial charge in [-0.05, 0) is 0 Å². The van der Waals surface area contributed by atoms with Gasteiger partial charge >= 0.3 is 126 Å². The van der Waals surface area contributed by atoms with Crippen LogP contribution in [0.15, 0.2) is 48.5 Å². The van der Waals surface area contributed by atoms with Crippen LogP contribution in [0.1, 0.15) is 6.92 Å². The first-order valence-electron chi connectivity index (χ1n) is 6.68. The van der Waals surface area contributed by atoms with Crippen LogP contribution in [0.3, 0.4) is 0 Å². The Morgan fingerprint density at radius 1 is 1.05 bits per heavy atom. The van der Waals surface area contributed by atoms with Gasteiger partial charge in [-0.1, -0.05) is 0 Å². The Morgan fingerprint density at radius 3 is 2.35 bits per heavy atom. The molecule has 0 bridgehead atoms. The summed E-state index contributed by atoms with van der Waals surface area (Å²) >= 11 is -1.07. The summed E-state index contributed by atoms with van der Waals surface area (Å²) in [4.78, 5) is 2.32. The summed E-state index contributed by atoms with van der Waals surface area (Å²) in [6.45, 7) is 2.24. The SMILES string of the molecule is C[C@@H]1[C@@H](P2(=O)Oc3ccccc3-c3ccccc32)I1C. The molecule has 0 N–H and O–H groups in total. The predicted molar refractivity (Wildman–Crippen MR) is 92.9 cm³/mol. The van der Waals surface area contributed by atoms with Crippen molar-refractivity contribution in [3.8, 4) is 16.9 Å². The number of para-hydroxylation sites is 1. The Morgan fingerprint density at radius 2 is 1.65 bits per heavy atom. The van der Waals surface area contributed by atoms with E-state index < -0.39 is 27.2 Å². The van der Waals surface area contributed by atoms with Crippen molar-refractivity contribution in [1.29, 1.82) is 0 Å². The molecule has 2 aromatic rings. The Balaban J connectivity index is 1.96. The van der Waals surface area contributed by atoms with Crippen LogP contribution in [0.4, 0.5) is 0 Å². The van der Waals surface area contributed by atoms with Crippen LogP contribution in [-0.4, -0.2) is 12.5 Å². The van der Waals surface area contributed by atoms with E-state index >= 15 is 0 Å². The van der Waals surface area contributed by atoms with Crippen LogP contribution in [0.25, 0.3) is 11.1 Å². The van der Waals surface area contributed by atoms with Crippen molar-refractivity contribution in [3.05, 3.63) is 48.5 Å². The number of rotatable bonds is 1. The van der Waals surface area contributed by atoms with Crippen molar-refractivity contribution < 1.29 is 9.09 Å². The van der Waals surface area contributed by atoms with Gasteiger partial charge in [-0.2, -0.15) is 0 Å². The van der Waals surface area contributed by atoms with Crippen LogP contribution in [-0.2, 0) is 4.57 Å². The van der Waals surface area contributed by atoms with Gasteiger partial charge in [0.05, 0.1) is 0 Å². The van der Waals surface area contributed by atoms with Crippen LogP contribution < -0.4 is 9.83 Å². The Bertz CT molecular complexity index is 735. The first-order valence-corrected chi connectivity index (χ1v) is 13.0. The molecule has 0 aromatic heterocycles. The van der Waals surface area contributed by atoms with Gasteiger partial charge in [0.1, 0.15) is 0 Å². The number of hydrogen-bond donors (Lipinski definition) is 0. The quantitative estimate of drug-likeness (QED) is 0.401. The molecular formula is C16H16IO2P. The molecule has 2 aromatic carbocycles. The summed E-state index contributed by atoms with van der Waals surface area (Å²) in [5.41, 5.74) is 2.17. The maximum absolute atomic E-state index is 13.6. The number of benzene rings is 2. The zero-order valence-corrected chi connectivity index (χ0v) is 14.5. The maximum atomic E-state index is 13.6. The minimum absolute atomic E-state index is 0.321. The van der Waals surface area contributed by atoms with E-state index in [4.69, 9.17) is 4.52 Å². The molecule has 4 rings (SSSR count). The number of fused-ring (bicyclic) bond motifs is 3. The van der Waals surface area contributed by atoms with E-state index in [1.54, 1.807) is 0 Å². The third-order valence-electron chi connectivity index (χ3n) is 4.18. The normalized spacial score (nSPS) is 32.0. The van der Waals surface area contributed by atoms with Crippen LogP contribution >= 0.6 is 27.2 Å². The third-order valence-corrected chi connectivity index (χ3v) is 17.7. The molecule has 2 aliphatic rings. The second-order valence-electron chi connectivity index (χ2n) is 5.31. The van der Waals surface area contributed by atoms with Crippen molar-refractivity contribution >= 4 is 32.5 Å². The van der Waals surface area contributed by atoms with Gasteiger partial charge in [0, 0.05) is 0 Å². The van der Waals surface area contributed by atoms with Crippen LogP contribution in [0.2, 0.25) is 0 Å². The standard InChI is InChI=1S/C16H16IO2P/c1-11-16(17(11)2)20(18)15-10-6-4-8-13(15)12-7-3-5-9-14(12)19-20/h3-11,16H,1-2H3/t11-,16-,20?/m1/s1. The van der Waals surface area contributed by atoms with E-state index in [2.05, 4.69) is 24.0 Å². The van der Waals surface area contributed by atoms with Gasteiger partial charge < -0.3 is 0 Å². The summed E-state index contributed by atoms with van der Waals surface area (Å²) in [5, 5.41) is 0.942. The van der Waals surface area contributed by atoms with E-state index in [9.17, 15) is 4.57 Å². The molecule has 2 heterocycles. The topological polar surface area (TPSA) is 26.3 Å². The van der Waals surface area contributed by atoms with Gasteiger partial charge in [0.15, 0.2) is 0 Å². The van der Waals surface area contributed by atoms with Crippen LogP contribution in [0.5, 0.6) is 5.75 Å². The van der Waals surface area contributed by atoms with Crippen molar-refractivity contribution in [1.82, 2.24) is 0 Å². The van der Waals surface area contributed by atoms with E-state index in [1.807, 2.05) is 36.4 Å². The van der Waals surface area contributed by atoms with Crippen molar-refractivity contribution in [3.63, 3.8) is 0 Å². The molecule has 104 valence electrons. The molecule has 0 amide bonds. The van der Waals surface area contributed by atoms with E-state index in [0.717, 1.165) is 22.2 Å². The molecular weight excluding hydrogens is 382 g/mol. The number of halogens is 1. The van der Waals surface area contributed by atoms with Gasteiger partial charge in [0.25, 0.3) is 0 Å². The number of alkyl halides is 3. The zero-order valence-electron chi connectivity index (χ0n) is 11.4. The minimum atomic E-state index is -2.74. The van der Waals surface area contributed by atoms with Gasteiger partial charge in [-0.25, -0.2) is 0 Å². The molecule has 3 atom stereocenters. The summed E-state index contributed by atoms with van der Waals surface area (Å²) < 4.78 is 20.7. The molecule has 2 nitrogen and oxygen atoms in total. The fourth-order valence-corrected chi connectivity index (χ4v) is 17.7. The zero-order chi connectivity index (χ0) is 13.9. The molecule has 1 fully saturated rings. The second kappa shape index (κ2) is 4.35. The van der Waals surface area contributed by atoms with E-state index in [-0.39, 0.29) is 0 Å².